The summed E-state index contributed by atoms with van der Waals surface area (Å²) >= 11 is 7.68. The molecule has 2 heterocycles. The van der Waals surface area contributed by atoms with Crippen molar-refractivity contribution in [1.82, 2.24) is 15.0 Å². The van der Waals surface area contributed by atoms with Crippen molar-refractivity contribution >= 4 is 28.8 Å². The molecule has 1 atom stereocenters. The predicted molar refractivity (Wildman–Crippen MR) is 81.4 cm³/mol. The van der Waals surface area contributed by atoms with Gasteiger partial charge in [-0.05, 0) is 20.8 Å². The van der Waals surface area contributed by atoms with Crippen LogP contribution in [0, 0.1) is 13.8 Å². The molecule has 108 valence electrons. The van der Waals surface area contributed by atoms with Crippen molar-refractivity contribution in [2.75, 3.05) is 12.4 Å². The maximum absolute atomic E-state index is 5.99. The summed E-state index contributed by atoms with van der Waals surface area (Å²) in [7, 11) is 1.60. The molecular weight excluding hydrogens is 296 g/mol. The van der Waals surface area contributed by atoms with Crippen molar-refractivity contribution < 1.29 is 4.74 Å². The monoisotopic (exact) mass is 312 g/mol. The number of aryl methyl sites for hydroxylation is 2. The number of methoxy groups -OCH3 is 1. The Bertz CT molecular complexity index is 602. The molecule has 0 amide bonds. The zero-order chi connectivity index (χ0) is 14.7. The second-order valence-corrected chi connectivity index (χ2v) is 6.10. The second kappa shape index (κ2) is 6.47. The van der Waals surface area contributed by atoms with Gasteiger partial charge in [0.1, 0.15) is 17.6 Å². The molecule has 20 heavy (non-hydrogen) atoms. The van der Waals surface area contributed by atoms with Gasteiger partial charge in [0.15, 0.2) is 5.82 Å². The molecule has 0 saturated carbocycles. The lowest BCUT2D eigenvalue weighted by molar-refractivity contribution is 0.178. The van der Waals surface area contributed by atoms with E-state index in [4.69, 9.17) is 16.3 Å². The van der Waals surface area contributed by atoms with E-state index in [0.717, 1.165) is 10.7 Å². The van der Waals surface area contributed by atoms with Gasteiger partial charge in [0, 0.05) is 18.1 Å². The molecule has 0 fully saturated rings. The number of thiazole rings is 1. The largest absolute Gasteiger partial charge is 0.377 e. The Hall–Kier alpha value is -1.24. The van der Waals surface area contributed by atoms with Gasteiger partial charge in [-0.15, -0.1) is 11.3 Å². The van der Waals surface area contributed by atoms with E-state index >= 15 is 0 Å². The number of nitrogens with zero attached hydrogens (tertiary/aromatic N) is 3. The summed E-state index contributed by atoms with van der Waals surface area (Å²) in [6.07, 6.45) is 0. The number of anilines is 1. The van der Waals surface area contributed by atoms with Crippen LogP contribution in [0.4, 0.5) is 5.82 Å². The lowest BCUT2D eigenvalue weighted by Gasteiger charge is -2.14. The molecule has 2 rings (SSSR count). The lowest BCUT2D eigenvalue weighted by Crippen LogP contribution is -2.09. The Morgan fingerprint density at radius 1 is 1.35 bits per heavy atom. The minimum atomic E-state index is 0.113. The summed E-state index contributed by atoms with van der Waals surface area (Å²) in [6, 6.07) is 1.82. The molecule has 0 radical (unpaired) electrons. The van der Waals surface area contributed by atoms with Crippen LogP contribution in [0.1, 0.15) is 34.4 Å². The Kier molecular flexibility index (Phi) is 4.91. The van der Waals surface area contributed by atoms with Crippen molar-refractivity contribution in [3.63, 3.8) is 0 Å². The third-order valence-electron chi connectivity index (χ3n) is 2.71. The van der Waals surface area contributed by atoms with E-state index in [1.807, 2.05) is 13.8 Å². The van der Waals surface area contributed by atoms with Crippen LogP contribution < -0.4 is 5.32 Å². The van der Waals surface area contributed by atoms with Gasteiger partial charge in [-0.3, -0.25) is 0 Å². The van der Waals surface area contributed by atoms with Crippen molar-refractivity contribution in [3.05, 3.63) is 32.6 Å². The number of ether oxygens (including phenoxy) is 1. The fourth-order valence-electron chi connectivity index (χ4n) is 1.97. The molecule has 2 aromatic rings. The Morgan fingerprint density at radius 2 is 2.10 bits per heavy atom. The highest BCUT2D eigenvalue weighted by atomic mass is 35.5. The zero-order valence-corrected chi connectivity index (χ0v) is 13.5. The fourth-order valence-corrected chi connectivity index (χ4v) is 3.10. The standard InChI is InChI=1S/C13H17ClN4OS/c1-7-13(20-9(3)15-7)8(2)16-11-5-10(14)17-12(18-11)6-19-4/h5,8H,6H2,1-4H3,(H,16,17,18). The Morgan fingerprint density at radius 3 is 2.70 bits per heavy atom. The van der Waals surface area contributed by atoms with Crippen molar-refractivity contribution in [2.45, 2.75) is 33.4 Å². The number of hydrogen-bond acceptors (Lipinski definition) is 6. The van der Waals surface area contributed by atoms with Crippen LogP contribution in [-0.2, 0) is 11.3 Å². The summed E-state index contributed by atoms with van der Waals surface area (Å²) in [5.41, 5.74) is 1.05. The van der Waals surface area contributed by atoms with Crippen molar-refractivity contribution in [1.29, 1.82) is 0 Å². The van der Waals surface area contributed by atoms with Gasteiger partial charge in [0.25, 0.3) is 0 Å². The molecule has 0 saturated heterocycles. The first-order valence-corrected chi connectivity index (χ1v) is 7.42. The van der Waals surface area contributed by atoms with E-state index in [1.54, 1.807) is 24.5 Å². The normalized spacial score (nSPS) is 12.4. The summed E-state index contributed by atoms with van der Waals surface area (Å²) in [6.45, 7) is 6.43. The van der Waals surface area contributed by atoms with Crippen LogP contribution in [0.15, 0.2) is 6.07 Å². The molecule has 0 aliphatic heterocycles. The predicted octanol–water partition coefficient (Wildman–Crippen LogP) is 3.52. The summed E-state index contributed by atoms with van der Waals surface area (Å²) in [5, 5.41) is 4.80. The minimum absolute atomic E-state index is 0.113. The van der Waals surface area contributed by atoms with Crippen LogP contribution in [0.25, 0.3) is 0 Å². The van der Waals surface area contributed by atoms with E-state index in [9.17, 15) is 0 Å². The van der Waals surface area contributed by atoms with Gasteiger partial charge < -0.3 is 10.1 Å². The maximum Gasteiger partial charge on any atom is 0.158 e. The molecular formula is C13H17ClN4OS. The van der Waals surface area contributed by atoms with E-state index in [2.05, 4.69) is 27.2 Å². The molecule has 0 aromatic carbocycles. The molecule has 0 aliphatic carbocycles. The molecule has 1 N–H and O–H groups in total. The number of halogens is 1. The molecule has 0 bridgehead atoms. The third kappa shape index (κ3) is 3.65. The van der Waals surface area contributed by atoms with Crippen LogP contribution in [0.3, 0.4) is 0 Å². The number of hydrogen-bond donors (Lipinski definition) is 1. The molecule has 1 unspecified atom stereocenters. The number of rotatable bonds is 5. The minimum Gasteiger partial charge on any atom is -0.377 e. The van der Waals surface area contributed by atoms with Crippen LogP contribution in [-0.4, -0.2) is 22.1 Å². The second-order valence-electron chi connectivity index (χ2n) is 4.47. The van der Waals surface area contributed by atoms with E-state index in [-0.39, 0.29) is 6.04 Å². The molecule has 0 aliphatic rings. The smallest absolute Gasteiger partial charge is 0.158 e. The number of aromatic nitrogens is 3. The van der Waals surface area contributed by atoms with Gasteiger partial charge in [-0.1, -0.05) is 11.6 Å². The topological polar surface area (TPSA) is 59.9 Å². The maximum atomic E-state index is 5.99. The summed E-state index contributed by atoms with van der Waals surface area (Å²) < 4.78 is 5.03. The zero-order valence-electron chi connectivity index (χ0n) is 11.9. The number of nitrogens with one attached hydrogen (secondary N) is 1. The molecule has 2 aromatic heterocycles. The first kappa shape index (κ1) is 15.2. The quantitative estimate of drug-likeness (QED) is 0.856. The van der Waals surface area contributed by atoms with Crippen LogP contribution in [0.5, 0.6) is 0 Å². The third-order valence-corrected chi connectivity index (χ3v) is 4.16. The van der Waals surface area contributed by atoms with Gasteiger partial charge in [0.2, 0.25) is 0 Å². The van der Waals surface area contributed by atoms with Crippen molar-refractivity contribution in [2.24, 2.45) is 0 Å². The average molecular weight is 313 g/mol. The summed E-state index contributed by atoms with van der Waals surface area (Å²) in [5.74, 6) is 1.25. The van der Waals surface area contributed by atoms with Gasteiger partial charge in [0.05, 0.1) is 16.7 Å². The van der Waals surface area contributed by atoms with Crippen molar-refractivity contribution in [3.8, 4) is 0 Å². The average Bonchev–Trinajstić information content (AvgIpc) is 2.68. The van der Waals surface area contributed by atoms with E-state index in [0.29, 0.717) is 23.4 Å². The highest BCUT2D eigenvalue weighted by Crippen LogP contribution is 2.27. The molecule has 5 nitrogen and oxygen atoms in total. The van der Waals surface area contributed by atoms with Gasteiger partial charge >= 0.3 is 0 Å². The van der Waals surface area contributed by atoms with Crippen LogP contribution in [0.2, 0.25) is 5.15 Å². The van der Waals surface area contributed by atoms with E-state index in [1.165, 1.54) is 4.88 Å². The molecule has 7 heteroatoms. The fraction of sp³-hybridized carbons (Fsp3) is 0.462. The highest BCUT2D eigenvalue weighted by molar-refractivity contribution is 7.11. The first-order chi connectivity index (χ1) is 9.49. The Balaban J connectivity index is 2.18. The van der Waals surface area contributed by atoms with Gasteiger partial charge in [-0.2, -0.15) is 0 Å². The first-order valence-electron chi connectivity index (χ1n) is 6.22. The molecule has 0 spiro atoms. The SMILES string of the molecule is COCc1nc(Cl)cc(NC(C)c2sc(C)nc2C)n1. The Labute approximate surface area is 127 Å². The highest BCUT2D eigenvalue weighted by Gasteiger charge is 2.14. The lowest BCUT2D eigenvalue weighted by atomic mass is 10.2. The summed E-state index contributed by atoms with van der Waals surface area (Å²) in [4.78, 5) is 14.1. The van der Waals surface area contributed by atoms with Crippen LogP contribution >= 0.6 is 22.9 Å². The van der Waals surface area contributed by atoms with Gasteiger partial charge in [-0.25, -0.2) is 15.0 Å². The van der Waals surface area contributed by atoms with E-state index < -0.39 is 0 Å².